The zero-order chi connectivity index (χ0) is 10.7. The molecule has 1 fully saturated rings. The molecule has 1 aliphatic rings. The van der Waals surface area contributed by atoms with Crippen LogP contribution in [0.2, 0.25) is 0 Å². The van der Waals surface area contributed by atoms with Gasteiger partial charge in [-0.1, -0.05) is 0 Å². The number of halogens is 1. The normalized spacial score (nSPS) is 20.5. The maximum absolute atomic E-state index is 5.65. The van der Waals surface area contributed by atoms with Crippen LogP contribution in [0.1, 0.15) is 12.1 Å². The van der Waals surface area contributed by atoms with E-state index >= 15 is 0 Å². The summed E-state index contributed by atoms with van der Waals surface area (Å²) in [7, 11) is 2.02. The van der Waals surface area contributed by atoms with Gasteiger partial charge in [-0.05, 0) is 6.42 Å². The molecule has 0 amide bonds. The van der Waals surface area contributed by atoms with Crippen LogP contribution in [0.4, 0.5) is 5.82 Å². The van der Waals surface area contributed by atoms with Crippen molar-refractivity contribution >= 4 is 17.4 Å². The predicted molar refractivity (Wildman–Crippen MR) is 59.2 cm³/mol. The number of ether oxygens (including phenoxy) is 1. The van der Waals surface area contributed by atoms with Gasteiger partial charge in [0.15, 0.2) is 0 Å². The van der Waals surface area contributed by atoms with Crippen LogP contribution in [0.3, 0.4) is 0 Å². The zero-order valence-corrected chi connectivity index (χ0v) is 9.44. The smallest absolute Gasteiger partial charge is 0.147 e. The van der Waals surface area contributed by atoms with Gasteiger partial charge in [-0.15, -0.1) is 11.6 Å². The Morgan fingerprint density at radius 2 is 2.40 bits per heavy atom. The lowest BCUT2D eigenvalue weighted by atomic mass is 10.2. The molecule has 0 spiro atoms. The molecule has 0 bridgehead atoms. The second-order valence-corrected chi connectivity index (χ2v) is 3.90. The van der Waals surface area contributed by atoms with Gasteiger partial charge in [0.2, 0.25) is 0 Å². The summed E-state index contributed by atoms with van der Waals surface area (Å²) >= 11 is 5.65. The fourth-order valence-electron chi connectivity index (χ4n) is 1.61. The van der Waals surface area contributed by atoms with Gasteiger partial charge in [0.1, 0.15) is 5.82 Å². The van der Waals surface area contributed by atoms with Gasteiger partial charge in [-0.25, -0.2) is 4.98 Å². The maximum atomic E-state index is 5.65. The number of anilines is 1. The highest BCUT2D eigenvalue weighted by Crippen LogP contribution is 2.17. The molecule has 0 saturated carbocycles. The zero-order valence-electron chi connectivity index (χ0n) is 8.69. The lowest BCUT2D eigenvalue weighted by Crippen LogP contribution is -2.32. The van der Waals surface area contributed by atoms with Crippen molar-refractivity contribution in [2.75, 3.05) is 25.2 Å². The quantitative estimate of drug-likeness (QED) is 0.733. The van der Waals surface area contributed by atoms with E-state index in [2.05, 4.69) is 14.9 Å². The molecular formula is C10H14ClN3O. The van der Waals surface area contributed by atoms with Gasteiger partial charge < -0.3 is 9.64 Å². The number of hydrogen-bond acceptors (Lipinski definition) is 4. The monoisotopic (exact) mass is 227 g/mol. The van der Waals surface area contributed by atoms with Crippen LogP contribution in [-0.4, -0.2) is 36.3 Å². The van der Waals surface area contributed by atoms with Gasteiger partial charge in [0.05, 0.1) is 36.6 Å². The molecule has 1 aromatic rings. The fraction of sp³-hybridized carbons (Fsp3) is 0.600. The van der Waals surface area contributed by atoms with E-state index in [1.54, 1.807) is 12.4 Å². The number of alkyl halides is 1. The van der Waals surface area contributed by atoms with Crippen molar-refractivity contribution in [3.8, 4) is 0 Å². The molecule has 4 nitrogen and oxygen atoms in total. The molecule has 1 aliphatic heterocycles. The van der Waals surface area contributed by atoms with Crippen molar-refractivity contribution in [1.29, 1.82) is 0 Å². The average Bonchev–Trinajstić information content (AvgIpc) is 2.82. The minimum Gasteiger partial charge on any atom is -0.379 e. The third-order valence-corrected chi connectivity index (χ3v) is 2.92. The minimum absolute atomic E-state index is 0.406. The summed E-state index contributed by atoms with van der Waals surface area (Å²) in [5.41, 5.74) is 0.802. The molecule has 82 valence electrons. The van der Waals surface area contributed by atoms with E-state index in [-0.39, 0.29) is 0 Å². The summed E-state index contributed by atoms with van der Waals surface area (Å²) in [6, 6.07) is 0.418. The molecule has 1 aromatic heterocycles. The Morgan fingerprint density at radius 1 is 1.53 bits per heavy atom. The molecule has 0 aliphatic carbocycles. The van der Waals surface area contributed by atoms with Crippen LogP contribution >= 0.6 is 11.6 Å². The molecule has 2 rings (SSSR count). The molecule has 15 heavy (non-hydrogen) atoms. The summed E-state index contributed by atoms with van der Waals surface area (Å²) in [4.78, 5) is 10.6. The summed E-state index contributed by atoms with van der Waals surface area (Å²) in [5.74, 6) is 1.28. The number of nitrogens with zero attached hydrogens (tertiary/aromatic N) is 3. The Hall–Kier alpha value is -0.870. The van der Waals surface area contributed by atoms with E-state index in [1.165, 1.54) is 0 Å². The van der Waals surface area contributed by atoms with Gasteiger partial charge in [0.25, 0.3) is 0 Å². The number of hydrogen-bond donors (Lipinski definition) is 0. The Labute approximate surface area is 94.2 Å². The molecular weight excluding hydrogens is 214 g/mol. The lowest BCUT2D eigenvalue weighted by Gasteiger charge is -2.23. The predicted octanol–water partition coefficient (Wildman–Crippen LogP) is 1.44. The van der Waals surface area contributed by atoms with Crippen molar-refractivity contribution in [3.63, 3.8) is 0 Å². The standard InChI is InChI=1S/C10H14ClN3O/c1-14(9-2-3-15-7-9)10-6-12-8(4-11)5-13-10/h5-6,9H,2-4,7H2,1H3. The summed E-state index contributed by atoms with van der Waals surface area (Å²) < 4.78 is 5.33. The van der Waals surface area contributed by atoms with Crippen molar-refractivity contribution in [2.24, 2.45) is 0 Å². The van der Waals surface area contributed by atoms with Crippen LogP contribution in [0.15, 0.2) is 12.4 Å². The summed E-state index contributed by atoms with van der Waals surface area (Å²) in [5, 5.41) is 0. The Bertz CT molecular complexity index is 311. The first-order chi connectivity index (χ1) is 7.31. The van der Waals surface area contributed by atoms with Gasteiger partial charge in [-0.2, -0.15) is 0 Å². The van der Waals surface area contributed by atoms with Crippen molar-refractivity contribution in [2.45, 2.75) is 18.3 Å². The Kier molecular flexibility index (Phi) is 3.38. The fourth-order valence-corrected chi connectivity index (χ4v) is 1.75. The van der Waals surface area contributed by atoms with E-state index in [9.17, 15) is 0 Å². The summed E-state index contributed by atoms with van der Waals surface area (Å²) in [6.07, 6.45) is 4.53. The Morgan fingerprint density at radius 3 is 2.93 bits per heavy atom. The topological polar surface area (TPSA) is 38.2 Å². The molecule has 1 saturated heterocycles. The molecule has 2 heterocycles. The molecule has 0 radical (unpaired) electrons. The lowest BCUT2D eigenvalue weighted by molar-refractivity contribution is 0.193. The third-order valence-electron chi connectivity index (χ3n) is 2.64. The van der Waals surface area contributed by atoms with Crippen LogP contribution in [-0.2, 0) is 10.6 Å². The van der Waals surface area contributed by atoms with Gasteiger partial charge >= 0.3 is 0 Å². The Balaban J connectivity index is 2.07. The van der Waals surface area contributed by atoms with Crippen molar-refractivity contribution in [3.05, 3.63) is 18.1 Å². The van der Waals surface area contributed by atoms with Crippen molar-refractivity contribution in [1.82, 2.24) is 9.97 Å². The average molecular weight is 228 g/mol. The van der Waals surface area contributed by atoms with Gasteiger partial charge in [-0.3, -0.25) is 4.98 Å². The maximum Gasteiger partial charge on any atom is 0.147 e. The van der Waals surface area contributed by atoms with Crippen LogP contribution in [0, 0.1) is 0 Å². The highest BCUT2D eigenvalue weighted by atomic mass is 35.5. The van der Waals surface area contributed by atoms with E-state index in [0.717, 1.165) is 31.1 Å². The first-order valence-corrected chi connectivity index (χ1v) is 5.52. The van der Waals surface area contributed by atoms with E-state index in [1.807, 2.05) is 7.05 Å². The van der Waals surface area contributed by atoms with Gasteiger partial charge in [0, 0.05) is 13.7 Å². The molecule has 1 atom stereocenters. The second-order valence-electron chi connectivity index (χ2n) is 3.63. The molecule has 0 N–H and O–H groups in total. The van der Waals surface area contributed by atoms with E-state index in [4.69, 9.17) is 16.3 Å². The number of likely N-dealkylation sites (N-methyl/N-ethyl adjacent to an activating group) is 1. The number of aromatic nitrogens is 2. The minimum atomic E-state index is 0.406. The highest BCUT2D eigenvalue weighted by Gasteiger charge is 2.21. The van der Waals surface area contributed by atoms with Crippen molar-refractivity contribution < 1.29 is 4.74 Å². The SMILES string of the molecule is CN(c1cnc(CCl)cn1)C1CCOC1. The first kappa shape index (κ1) is 10.6. The highest BCUT2D eigenvalue weighted by molar-refractivity contribution is 6.16. The molecule has 1 unspecified atom stereocenters. The number of rotatable bonds is 3. The molecule has 0 aromatic carbocycles. The molecule has 5 heteroatoms. The largest absolute Gasteiger partial charge is 0.379 e. The first-order valence-electron chi connectivity index (χ1n) is 4.98. The van der Waals surface area contributed by atoms with E-state index in [0.29, 0.717) is 11.9 Å². The third kappa shape index (κ3) is 2.38. The summed E-state index contributed by atoms with van der Waals surface area (Å²) in [6.45, 7) is 1.61. The van der Waals surface area contributed by atoms with Crippen LogP contribution in [0.25, 0.3) is 0 Å². The van der Waals surface area contributed by atoms with Crippen LogP contribution < -0.4 is 4.90 Å². The van der Waals surface area contributed by atoms with Crippen LogP contribution in [0.5, 0.6) is 0 Å². The second kappa shape index (κ2) is 4.77. The van der Waals surface area contributed by atoms with E-state index < -0.39 is 0 Å².